The number of ether oxygens (including phenoxy) is 1. The second kappa shape index (κ2) is 4.82. The SMILES string of the molecule is COc1ccc(-c2nc(CC=O)c(C)o2)cc1. The van der Waals surface area contributed by atoms with Gasteiger partial charge in [-0.25, -0.2) is 4.98 Å². The fourth-order valence-electron chi connectivity index (χ4n) is 1.55. The molecule has 1 aromatic heterocycles. The van der Waals surface area contributed by atoms with Gasteiger partial charge in [0.15, 0.2) is 0 Å². The molecule has 4 nitrogen and oxygen atoms in total. The summed E-state index contributed by atoms with van der Waals surface area (Å²) in [5, 5.41) is 0. The number of hydrogen-bond donors (Lipinski definition) is 0. The van der Waals surface area contributed by atoms with Crippen LogP contribution in [0.25, 0.3) is 11.5 Å². The van der Waals surface area contributed by atoms with Crippen LogP contribution < -0.4 is 4.74 Å². The first kappa shape index (κ1) is 11.4. The normalized spacial score (nSPS) is 10.2. The highest BCUT2D eigenvalue weighted by Crippen LogP contribution is 2.23. The second-order valence-corrected chi connectivity index (χ2v) is 3.62. The Hall–Kier alpha value is -2.10. The van der Waals surface area contributed by atoms with Crippen LogP contribution in [0.1, 0.15) is 11.5 Å². The van der Waals surface area contributed by atoms with Crippen molar-refractivity contribution in [1.29, 1.82) is 0 Å². The van der Waals surface area contributed by atoms with E-state index in [2.05, 4.69) is 4.98 Å². The van der Waals surface area contributed by atoms with E-state index in [1.807, 2.05) is 24.3 Å². The molecule has 2 aromatic rings. The number of aldehydes is 1. The van der Waals surface area contributed by atoms with E-state index >= 15 is 0 Å². The lowest BCUT2D eigenvalue weighted by molar-refractivity contribution is -0.107. The van der Waals surface area contributed by atoms with Crippen molar-refractivity contribution in [2.75, 3.05) is 7.11 Å². The van der Waals surface area contributed by atoms with Crippen molar-refractivity contribution in [1.82, 2.24) is 4.98 Å². The minimum absolute atomic E-state index is 0.283. The van der Waals surface area contributed by atoms with E-state index in [1.165, 1.54) is 0 Å². The minimum Gasteiger partial charge on any atom is -0.497 e. The van der Waals surface area contributed by atoms with Gasteiger partial charge >= 0.3 is 0 Å². The Morgan fingerprint density at radius 2 is 2.06 bits per heavy atom. The first-order valence-corrected chi connectivity index (χ1v) is 5.29. The molecule has 88 valence electrons. The van der Waals surface area contributed by atoms with Crippen LogP contribution in [0, 0.1) is 6.92 Å². The third kappa shape index (κ3) is 2.36. The number of benzene rings is 1. The highest BCUT2D eigenvalue weighted by atomic mass is 16.5. The monoisotopic (exact) mass is 231 g/mol. The third-order valence-corrected chi connectivity index (χ3v) is 2.51. The predicted octanol–water partition coefficient (Wildman–Crippen LogP) is 2.40. The van der Waals surface area contributed by atoms with Crippen LogP contribution >= 0.6 is 0 Å². The van der Waals surface area contributed by atoms with Crippen molar-refractivity contribution in [3.8, 4) is 17.2 Å². The summed E-state index contributed by atoms with van der Waals surface area (Å²) in [7, 11) is 1.62. The first-order chi connectivity index (χ1) is 8.24. The van der Waals surface area contributed by atoms with Gasteiger partial charge in [-0.3, -0.25) is 0 Å². The summed E-state index contributed by atoms with van der Waals surface area (Å²) in [4.78, 5) is 14.7. The highest BCUT2D eigenvalue weighted by Gasteiger charge is 2.10. The van der Waals surface area contributed by atoms with E-state index in [0.29, 0.717) is 17.3 Å². The van der Waals surface area contributed by atoms with Crippen molar-refractivity contribution in [3.63, 3.8) is 0 Å². The summed E-state index contributed by atoms with van der Waals surface area (Å²) in [6.45, 7) is 1.80. The Morgan fingerprint density at radius 3 is 2.65 bits per heavy atom. The smallest absolute Gasteiger partial charge is 0.226 e. The molecular formula is C13H13NO3. The zero-order valence-corrected chi connectivity index (χ0v) is 9.77. The van der Waals surface area contributed by atoms with Crippen LogP contribution in [0.5, 0.6) is 5.75 Å². The highest BCUT2D eigenvalue weighted by molar-refractivity contribution is 5.58. The lowest BCUT2D eigenvalue weighted by atomic mass is 10.2. The molecule has 0 spiro atoms. The summed E-state index contributed by atoms with van der Waals surface area (Å²) < 4.78 is 10.6. The number of carbonyl (C=O) groups excluding carboxylic acids is 1. The summed E-state index contributed by atoms with van der Waals surface area (Å²) in [6, 6.07) is 7.42. The van der Waals surface area contributed by atoms with Gasteiger partial charge < -0.3 is 13.9 Å². The molecule has 0 radical (unpaired) electrons. The van der Waals surface area contributed by atoms with Gasteiger partial charge in [-0.1, -0.05) is 0 Å². The number of aryl methyl sites for hydroxylation is 1. The molecule has 0 aliphatic heterocycles. The van der Waals surface area contributed by atoms with Gasteiger partial charge in [0.2, 0.25) is 5.89 Å². The molecule has 1 heterocycles. The van der Waals surface area contributed by atoms with E-state index in [4.69, 9.17) is 9.15 Å². The number of carbonyl (C=O) groups is 1. The predicted molar refractivity (Wildman–Crippen MR) is 63.0 cm³/mol. The van der Waals surface area contributed by atoms with Gasteiger partial charge in [-0.15, -0.1) is 0 Å². The Balaban J connectivity index is 2.32. The lowest BCUT2D eigenvalue weighted by Gasteiger charge is -1.99. The maximum Gasteiger partial charge on any atom is 0.226 e. The number of oxazole rings is 1. The summed E-state index contributed by atoms with van der Waals surface area (Å²) in [5.41, 5.74) is 1.55. The minimum atomic E-state index is 0.283. The summed E-state index contributed by atoms with van der Waals surface area (Å²) in [6.07, 6.45) is 1.11. The summed E-state index contributed by atoms with van der Waals surface area (Å²) in [5.74, 6) is 2.00. The Morgan fingerprint density at radius 1 is 1.35 bits per heavy atom. The molecule has 0 amide bonds. The van der Waals surface area contributed by atoms with Gasteiger partial charge in [0, 0.05) is 12.0 Å². The Bertz CT molecular complexity index is 514. The van der Waals surface area contributed by atoms with Crippen molar-refractivity contribution >= 4 is 6.29 Å². The van der Waals surface area contributed by atoms with Gasteiger partial charge in [0.25, 0.3) is 0 Å². The maximum absolute atomic E-state index is 10.5. The second-order valence-electron chi connectivity index (χ2n) is 3.62. The molecular weight excluding hydrogens is 218 g/mol. The van der Waals surface area contributed by atoms with Crippen LogP contribution in [0.15, 0.2) is 28.7 Å². The van der Waals surface area contributed by atoms with Crippen LogP contribution in [0.4, 0.5) is 0 Å². The van der Waals surface area contributed by atoms with Crippen molar-refractivity contribution in [2.45, 2.75) is 13.3 Å². The maximum atomic E-state index is 10.5. The van der Waals surface area contributed by atoms with E-state index in [-0.39, 0.29) is 6.42 Å². The number of methoxy groups -OCH3 is 1. The molecule has 2 rings (SSSR count). The molecule has 0 saturated heterocycles. The van der Waals surface area contributed by atoms with Crippen LogP contribution in [0.3, 0.4) is 0 Å². The zero-order chi connectivity index (χ0) is 12.3. The third-order valence-electron chi connectivity index (χ3n) is 2.51. The van der Waals surface area contributed by atoms with Crippen LogP contribution in [0.2, 0.25) is 0 Å². The zero-order valence-electron chi connectivity index (χ0n) is 9.77. The first-order valence-electron chi connectivity index (χ1n) is 5.29. The largest absolute Gasteiger partial charge is 0.497 e. The molecule has 0 atom stereocenters. The standard InChI is InChI=1S/C13H13NO3/c1-9-12(7-8-15)14-13(17-9)10-3-5-11(16-2)6-4-10/h3-6,8H,7H2,1-2H3. The molecule has 0 N–H and O–H groups in total. The fourth-order valence-corrected chi connectivity index (χ4v) is 1.55. The van der Waals surface area contributed by atoms with Gasteiger partial charge in [-0.2, -0.15) is 0 Å². The molecule has 0 fully saturated rings. The Kier molecular flexibility index (Phi) is 3.23. The number of nitrogens with zero attached hydrogens (tertiary/aromatic N) is 1. The molecule has 0 bridgehead atoms. The van der Waals surface area contributed by atoms with E-state index in [1.54, 1.807) is 14.0 Å². The summed E-state index contributed by atoms with van der Waals surface area (Å²) >= 11 is 0. The van der Waals surface area contributed by atoms with Crippen molar-refractivity contribution in [2.24, 2.45) is 0 Å². The quantitative estimate of drug-likeness (QED) is 0.758. The van der Waals surface area contributed by atoms with Crippen LogP contribution in [-0.4, -0.2) is 18.4 Å². The average Bonchev–Trinajstić information content (AvgIpc) is 2.72. The van der Waals surface area contributed by atoms with Crippen molar-refractivity contribution < 1.29 is 13.9 Å². The molecule has 0 saturated carbocycles. The number of rotatable bonds is 4. The van der Waals surface area contributed by atoms with Gasteiger partial charge in [0.05, 0.1) is 12.8 Å². The van der Waals surface area contributed by atoms with Crippen LogP contribution in [-0.2, 0) is 11.2 Å². The van der Waals surface area contributed by atoms with Gasteiger partial charge in [0.1, 0.15) is 17.8 Å². The molecule has 17 heavy (non-hydrogen) atoms. The van der Waals surface area contributed by atoms with Crippen molar-refractivity contribution in [3.05, 3.63) is 35.7 Å². The molecule has 4 heteroatoms. The average molecular weight is 231 g/mol. The van der Waals surface area contributed by atoms with E-state index in [9.17, 15) is 4.79 Å². The van der Waals surface area contributed by atoms with Gasteiger partial charge in [-0.05, 0) is 31.2 Å². The van der Waals surface area contributed by atoms with E-state index in [0.717, 1.165) is 17.6 Å². The molecule has 0 aliphatic carbocycles. The Labute approximate surface area is 99.2 Å². The fraction of sp³-hybridized carbons (Fsp3) is 0.231. The number of aromatic nitrogens is 1. The lowest BCUT2D eigenvalue weighted by Crippen LogP contribution is -1.88. The van der Waals surface area contributed by atoms with E-state index < -0.39 is 0 Å². The number of hydrogen-bond acceptors (Lipinski definition) is 4. The topological polar surface area (TPSA) is 52.3 Å². The molecule has 0 unspecified atom stereocenters. The molecule has 0 aliphatic rings. The molecule has 1 aromatic carbocycles.